The number of unbranched alkanes of at least 4 members (excludes halogenated alkanes) is 4. The van der Waals surface area contributed by atoms with Crippen LogP contribution in [0.3, 0.4) is 0 Å². The molecule has 0 aromatic heterocycles. The number of aromatic hydroxyl groups is 1. The summed E-state index contributed by atoms with van der Waals surface area (Å²) < 4.78 is 5.17. The second-order valence-corrected chi connectivity index (χ2v) is 5.71. The van der Waals surface area contributed by atoms with Crippen molar-refractivity contribution in [3.8, 4) is 5.75 Å². The Kier molecular flexibility index (Phi) is 7.98. The lowest BCUT2D eigenvalue weighted by Crippen LogP contribution is -1.97. The zero-order chi connectivity index (χ0) is 14.8. The molecule has 1 rings (SSSR count). The molecule has 0 heterocycles. The van der Waals surface area contributed by atoms with E-state index >= 15 is 0 Å². The van der Waals surface area contributed by atoms with E-state index in [0.717, 1.165) is 24.0 Å². The van der Waals surface area contributed by atoms with Gasteiger partial charge >= 0.3 is 5.71 Å². The van der Waals surface area contributed by atoms with Crippen LogP contribution in [0.1, 0.15) is 50.2 Å². The second-order valence-electron chi connectivity index (χ2n) is 4.83. The van der Waals surface area contributed by atoms with E-state index in [1.54, 1.807) is 17.9 Å². The van der Waals surface area contributed by atoms with Crippen LogP contribution in [0.4, 0.5) is 4.79 Å². The molecule has 0 amide bonds. The van der Waals surface area contributed by atoms with Crippen LogP contribution in [0, 0.1) is 6.92 Å². The molecule has 1 aromatic rings. The van der Waals surface area contributed by atoms with Gasteiger partial charge in [-0.3, -0.25) is 0 Å². The second kappa shape index (κ2) is 9.55. The van der Waals surface area contributed by atoms with Crippen LogP contribution in [0.2, 0.25) is 0 Å². The first kappa shape index (κ1) is 16.7. The molecule has 20 heavy (non-hydrogen) atoms. The summed E-state index contributed by atoms with van der Waals surface area (Å²) in [7, 11) is 0.533. The van der Waals surface area contributed by atoms with Gasteiger partial charge in [0.1, 0.15) is 5.75 Å². The van der Waals surface area contributed by atoms with Gasteiger partial charge in [0.25, 0.3) is 0 Å². The summed E-state index contributed by atoms with van der Waals surface area (Å²) in [4.78, 5) is 11.5. The Balaban J connectivity index is 2.27. The zero-order valence-corrected chi connectivity index (χ0v) is 13.2. The van der Waals surface area contributed by atoms with Gasteiger partial charge in [-0.05, 0) is 42.4 Å². The molecule has 110 valence electrons. The van der Waals surface area contributed by atoms with Crippen LogP contribution in [-0.4, -0.2) is 23.2 Å². The lowest BCUT2D eigenvalue weighted by atomic mass is 10.1. The van der Waals surface area contributed by atoms with Crippen LogP contribution in [0.5, 0.6) is 5.75 Å². The number of benzene rings is 1. The van der Waals surface area contributed by atoms with Gasteiger partial charge in [0, 0.05) is 8.20 Å². The molecular formula is C16H23O3P. The van der Waals surface area contributed by atoms with Gasteiger partial charge in [0.05, 0.1) is 6.61 Å². The zero-order valence-electron chi connectivity index (χ0n) is 12.3. The topological polar surface area (TPSA) is 46.5 Å². The lowest BCUT2D eigenvalue weighted by molar-refractivity contribution is 0.172. The Labute approximate surface area is 122 Å². The first-order valence-electron chi connectivity index (χ1n) is 7.14. The van der Waals surface area contributed by atoms with Crippen LogP contribution >= 0.6 is 8.20 Å². The third-order valence-electron chi connectivity index (χ3n) is 3.01. The number of carbonyl (C=O) groups excluding carboxylic acids is 1. The van der Waals surface area contributed by atoms with Gasteiger partial charge in [0.15, 0.2) is 0 Å². The molecule has 0 radical (unpaired) electrons. The average molecular weight is 294 g/mol. The van der Waals surface area contributed by atoms with Crippen molar-refractivity contribution in [3.05, 3.63) is 29.3 Å². The normalized spacial score (nSPS) is 10.9. The SMILES string of the molecule is CCCCCCCOC(=O)/P=C/c1ccc(O)c(C)c1. The molecule has 0 bridgehead atoms. The third-order valence-corrected chi connectivity index (χ3v) is 3.78. The number of aryl methyl sites for hydroxylation is 1. The van der Waals surface area contributed by atoms with E-state index in [9.17, 15) is 9.90 Å². The third kappa shape index (κ3) is 6.72. The van der Waals surface area contributed by atoms with Gasteiger partial charge < -0.3 is 9.84 Å². The fraction of sp³-hybridized carbons (Fsp3) is 0.500. The number of hydrogen-bond acceptors (Lipinski definition) is 3. The highest BCUT2D eigenvalue weighted by molar-refractivity contribution is 7.57. The van der Waals surface area contributed by atoms with Crippen molar-refractivity contribution in [3.63, 3.8) is 0 Å². The molecule has 0 aliphatic carbocycles. The summed E-state index contributed by atoms with van der Waals surface area (Å²) in [6.45, 7) is 4.52. The first-order chi connectivity index (χ1) is 9.63. The van der Waals surface area contributed by atoms with Crippen LogP contribution in [-0.2, 0) is 4.74 Å². The summed E-state index contributed by atoms with van der Waals surface area (Å²) in [5, 5.41) is 9.42. The summed E-state index contributed by atoms with van der Waals surface area (Å²) in [6, 6.07) is 5.27. The van der Waals surface area contributed by atoms with Crippen LogP contribution in [0.15, 0.2) is 18.2 Å². The molecule has 0 saturated heterocycles. The predicted molar refractivity (Wildman–Crippen MR) is 85.0 cm³/mol. The molecular weight excluding hydrogens is 271 g/mol. The summed E-state index contributed by atoms with van der Waals surface area (Å²) in [5.41, 5.74) is 1.51. The van der Waals surface area contributed by atoms with Gasteiger partial charge in [-0.1, -0.05) is 38.7 Å². The maximum absolute atomic E-state index is 11.5. The summed E-state index contributed by atoms with van der Waals surface area (Å²) >= 11 is 0. The van der Waals surface area contributed by atoms with Crippen molar-refractivity contribution >= 4 is 19.7 Å². The minimum atomic E-state index is -0.216. The van der Waals surface area contributed by atoms with Crippen LogP contribution in [0.25, 0.3) is 0 Å². The maximum atomic E-state index is 11.5. The van der Waals surface area contributed by atoms with E-state index in [4.69, 9.17) is 4.74 Å². The van der Waals surface area contributed by atoms with Crippen molar-refractivity contribution < 1.29 is 14.6 Å². The molecule has 1 N–H and O–H groups in total. The fourth-order valence-corrected chi connectivity index (χ4v) is 2.37. The number of ether oxygens (including phenoxy) is 1. The molecule has 0 fully saturated rings. The Morgan fingerprint density at radius 3 is 2.75 bits per heavy atom. The molecule has 4 heteroatoms. The molecule has 3 nitrogen and oxygen atoms in total. The maximum Gasteiger partial charge on any atom is 0.356 e. The molecule has 0 spiro atoms. The van der Waals surface area contributed by atoms with Crippen molar-refractivity contribution in [2.75, 3.05) is 6.61 Å². The van der Waals surface area contributed by atoms with E-state index in [-0.39, 0.29) is 11.5 Å². The molecule has 0 unspecified atom stereocenters. The van der Waals surface area contributed by atoms with Crippen molar-refractivity contribution in [2.45, 2.75) is 46.0 Å². The number of hydrogen-bond donors (Lipinski definition) is 1. The number of phenols is 1. The van der Waals surface area contributed by atoms with Crippen molar-refractivity contribution in [1.82, 2.24) is 0 Å². The standard InChI is InChI=1S/C16H23O3P/c1-3-4-5-6-7-10-19-16(18)20-12-14-8-9-15(17)13(2)11-14/h8-9,11-12,17H,3-7,10H2,1-2H3. The van der Waals surface area contributed by atoms with Crippen molar-refractivity contribution in [2.24, 2.45) is 0 Å². The Hall–Kier alpha value is -1.34. The highest BCUT2D eigenvalue weighted by Gasteiger charge is 1.99. The molecule has 0 atom stereocenters. The number of carbonyl (C=O) groups is 1. The highest BCUT2D eigenvalue weighted by Crippen LogP contribution is 2.17. The number of rotatable bonds is 8. The van der Waals surface area contributed by atoms with Crippen molar-refractivity contribution in [1.29, 1.82) is 0 Å². The number of phenolic OH excluding ortho intramolecular Hbond substituents is 1. The van der Waals surface area contributed by atoms with Gasteiger partial charge in [0.2, 0.25) is 0 Å². The largest absolute Gasteiger partial charge is 0.508 e. The Morgan fingerprint density at radius 2 is 2.05 bits per heavy atom. The quantitative estimate of drug-likeness (QED) is 0.547. The predicted octanol–water partition coefficient (Wildman–Crippen LogP) is 4.90. The van der Waals surface area contributed by atoms with Gasteiger partial charge in [-0.15, -0.1) is 0 Å². The van der Waals surface area contributed by atoms with E-state index in [2.05, 4.69) is 6.92 Å². The first-order valence-corrected chi connectivity index (χ1v) is 8.10. The molecule has 0 aliphatic heterocycles. The summed E-state index contributed by atoms with van der Waals surface area (Å²) in [5.74, 6) is 2.07. The monoisotopic (exact) mass is 294 g/mol. The smallest absolute Gasteiger partial charge is 0.356 e. The van der Waals surface area contributed by atoms with E-state index < -0.39 is 0 Å². The Bertz CT molecular complexity index is 455. The lowest BCUT2D eigenvalue weighted by Gasteiger charge is -2.02. The molecule has 0 saturated carbocycles. The van der Waals surface area contributed by atoms with Crippen LogP contribution < -0.4 is 0 Å². The van der Waals surface area contributed by atoms with Gasteiger partial charge in [-0.2, -0.15) is 0 Å². The fourth-order valence-electron chi connectivity index (χ4n) is 1.79. The summed E-state index contributed by atoms with van der Waals surface area (Å²) in [6.07, 6.45) is 5.75. The van der Waals surface area contributed by atoms with E-state index in [1.165, 1.54) is 19.3 Å². The molecule has 0 aliphatic rings. The highest BCUT2D eigenvalue weighted by atomic mass is 31.1. The average Bonchev–Trinajstić information content (AvgIpc) is 2.44. The minimum absolute atomic E-state index is 0.216. The molecule has 1 aromatic carbocycles. The Morgan fingerprint density at radius 1 is 1.30 bits per heavy atom. The van der Waals surface area contributed by atoms with E-state index in [1.807, 2.05) is 13.0 Å². The van der Waals surface area contributed by atoms with E-state index in [0.29, 0.717) is 14.8 Å². The van der Waals surface area contributed by atoms with Gasteiger partial charge in [-0.25, -0.2) is 4.79 Å². The minimum Gasteiger partial charge on any atom is -0.508 e.